The van der Waals surface area contributed by atoms with Gasteiger partial charge in [0.1, 0.15) is 5.69 Å². The number of aromatic nitrogens is 1. The molecule has 0 saturated heterocycles. The van der Waals surface area contributed by atoms with Gasteiger partial charge in [0.05, 0.1) is 6.42 Å². The Bertz CT molecular complexity index is 916. The first-order chi connectivity index (χ1) is 12.0. The summed E-state index contributed by atoms with van der Waals surface area (Å²) in [6, 6.07) is 14.6. The number of nitrogens with one attached hydrogen (secondary N) is 2. The van der Waals surface area contributed by atoms with E-state index in [0.29, 0.717) is 23.7 Å². The number of hydrogen-bond donors (Lipinski definition) is 3. The van der Waals surface area contributed by atoms with Crippen molar-refractivity contribution in [2.24, 2.45) is 0 Å². The van der Waals surface area contributed by atoms with Crippen LogP contribution in [0, 0.1) is 0 Å². The topological polar surface area (TPSA) is 82.2 Å². The molecule has 0 aliphatic heterocycles. The van der Waals surface area contributed by atoms with Crippen LogP contribution in [0.3, 0.4) is 0 Å². The van der Waals surface area contributed by atoms with Gasteiger partial charge in [-0.05, 0) is 41.8 Å². The zero-order chi connectivity index (χ0) is 17.8. The second kappa shape index (κ2) is 7.40. The molecule has 5 nitrogen and oxygen atoms in total. The molecule has 0 saturated carbocycles. The van der Waals surface area contributed by atoms with Crippen molar-refractivity contribution in [1.29, 1.82) is 0 Å². The van der Waals surface area contributed by atoms with Crippen LogP contribution in [0.25, 0.3) is 10.9 Å². The van der Waals surface area contributed by atoms with Gasteiger partial charge < -0.3 is 15.4 Å². The van der Waals surface area contributed by atoms with Gasteiger partial charge in [-0.3, -0.25) is 9.59 Å². The first-order valence-electron chi connectivity index (χ1n) is 7.87. The maximum Gasteiger partial charge on any atom is 0.307 e. The highest BCUT2D eigenvalue weighted by atomic mass is 35.5. The van der Waals surface area contributed by atoms with Crippen LogP contribution in [0.2, 0.25) is 5.02 Å². The molecular weight excluding hydrogens is 340 g/mol. The Morgan fingerprint density at radius 3 is 2.48 bits per heavy atom. The average molecular weight is 357 g/mol. The Hall–Kier alpha value is -2.79. The lowest BCUT2D eigenvalue weighted by Gasteiger charge is -2.05. The van der Waals surface area contributed by atoms with Crippen molar-refractivity contribution in [3.8, 4) is 0 Å². The molecule has 0 aliphatic rings. The fraction of sp³-hybridized carbons (Fsp3) is 0.158. The Morgan fingerprint density at radius 1 is 1.04 bits per heavy atom. The molecular formula is C19H17ClN2O3. The lowest BCUT2D eigenvalue weighted by atomic mass is 10.1. The lowest BCUT2D eigenvalue weighted by molar-refractivity contribution is -0.136. The van der Waals surface area contributed by atoms with Crippen molar-refractivity contribution in [2.75, 3.05) is 6.54 Å². The van der Waals surface area contributed by atoms with E-state index in [1.165, 1.54) is 0 Å². The van der Waals surface area contributed by atoms with Gasteiger partial charge in [-0.25, -0.2) is 0 Å². The first-order valence-corrected chi connectivity index (χ1v) is 8.25. The minimum atomic E-state index is -0.848. The van der Waals surface area contributed by atoms with E-state index in [9.17, 15) is 9.59 Å². The molecule has 0 atom stereocenters. The molecule has 0 fully saturated rings. The van der Waals surface area contributed by atoms with Crippen LogP contribution in [0.5, 0.6) is 0 Å². The monoisotopic (exact) mass is 356 g/mol. The molecule has 3 rings (SSSR count). The smallest absolute Gasteiger partial charge is 0.307 e. The van der Waals surface area contributed by atoms with Gasteiger partial charge >= 0.3 is 5.97 Å². The summed E-state index contributed by atoms with van der Waals surface area (Å²) in [6.07, 6.45) is 0.687. The molecule has 0 bridgehead atoms. The number of carboxylic acids is 1. The fourth-order valence-electron chi connectivity index (χ4n) is 2.64. The quantitative estimate of drug-likeness (QED) is 0.633. The lowest BCUT2D eigenvalue weighted by Crippen LogP contribution is -2.25. The molecule has 2 aromatic carbocycles. The highest BCUT2D eigenvalue weighted by Gasteiger charge is 2.09. The largest absolute Gasteiger partial charge is 0.481 e. The van der Waals surface area contributed by atoms with Crippen molar-refractivity contribution in [3.63, 3.8) is 0 Å². The van der Waals surface area contributed by atoms with Crippen LogP contribution in [-0.2, 0) is 17.6 Å². The third-order valence-electron chi connectivity index (χ3n) is 3.90. The summed E-state index contributed by atoms with van der Waals surface area (Å²) in [4.78, 5) is 26.0. The van der Waals surface area contributed by atoms with Crippen molar-refractivity contribution >= 4 is 34.4 Å². The minimum Gasteiger partial charge on any atom is -0.481 e. The number of hydrogen-bond acceptors (Lipinski definition) is 2. The molecule has 0 aliphatic carbocycles. The Balaban J connectivity index is 1.55. The second-order valence-corrected chi connectivity index (χ2v) is 6.24. The molecule has 0 spiro atoms. The Kier molecular flexibility index (Phi) is 5.05. The SMILES string of the molecule is O=C(O)Cc1ccc(CCNC(=O)c2cc3cc(Cl)ccc3[nH]2)cc1. The summed E-state index contributed by atoms with van der Waals surface area (Å²) in [5.41, 5.74) is 3.16. The molecule has 25 heavy (non-hydrogen) atoms. The standard InChI is InChI=1S/C19H17ClN2O3/c20-15-5-6-16-14(10-15)11-17(22-16)19(25)21-8-7-12-1-3-13(4-2-12)9-18(23)24/h1-6,10-11,22H,7-9H2,(H,21,25)(H,23,24). The number of carbonyl (C=O) groups is 2. The van der Waals surface area contributed by atoms with E-state index < -0.39 is 5.97 Å². The molecule has 0 unspecified atom stereocenters. The zero-order valence-corrected chi connectivity index (χ0v) is 14.1. The number of benzene rings is 2. The molecule has 3 aromatic rings. The summed E-state index contributed by atoms with van der Waals surface area (Å²) < 4.78 is 0. The maximum absolute atomic E-state index is 12.2. The van der Waals surface area contributed by atoms with Gasteiger partial charge in [0, 0.05) is 22.5 Å². The fourth-order valence-corrected chi connectivity index (χ4v) is 2.82. The van der Waals surface area contributed by atoms with Crippen LogP contribution in [0.4, 0.5) is 0 Å². The van der Waals surface area contributed by atoms with E-state index in [-0.39, 0.29) is 12.3 Å². The Labute approximate surface area is 149 Å². The summed E-state index contributed by atoms with van der Waals surface area (Å²) in [7, 11) is 0. The van der Waals surface area contributed by atoms with Crippen LogP contribution in [0.15, 0.2) is 48.5 Å². The van der Waals surface area contributed by atoms with E-state index in [4.69, 9.17) is 16.7 Å². The van der Waals surface area contributed by atoms with E-state index in [0.717, 1.165) is 22.0 Å². The highest BCUT2D eigenvalue weighted by Crippen LogP contribution is 2.20. The molecule has 6 heteroatoms. The number of carbonyl (C=O) groups excluding carboxylic acids is 1. The van der Waals surface area contributed by atoms with Crippen LogP contribution in [0.1, 0.15) is 21.6 Å². The summed E-state index contributed by atoms with van der Waals surface area (Å²) in [6.45, 7) is 0.493. The molecule has 3 N–H and O–H groups in total. The van der Waals surface area contributed by atoms with E-state index in [1.54, 1.807) is 24.3 Å². The second-order valence-electron chi connectivity index (χ2n) is 5.81. The average Bonchev–Trinajstić information content (AvgIpc) is 2.99. The minimum absolute atomic E-state index is 0.0153. The number of rotatable bonds is 6. The predicted octanol–water partition coefficient (Wildman–Crippen LogP) is 3.42. The number of halogens is 1. The number of carboxylic acid groups (broad SMARTS) is 1. The number of amides is 1. The number of fused-ring (bicyclic) bond motifs is 1. The molecule has 128 valence electrons. The number of aromatic amines is 1. The van der Waals surface area contributed by atoms with Gasteiger partial charge in [0.2, 0.25) is 0 Å². The first kappa shape index (κ1) is 17.0. The summed E-state index contributed by atoms with van der Waals surface area (Å²) in [5.74, 6) is -1.02. The number of aliphatic carboxylic acids is 1. The molecule has 0 radical (unpaired) electrons. The predicted molar refractivity (Wildman–Crippen MR) is 97.1 cm³/mol. The summed E-state index contributed by atoms with van der Waals surface area (Å²) >= 11 is 5.95. The normalized spacial score (nSPS) is 10.8. The van der Waals surface area contributed by atoms with Gasteiger partial charge in [0.15, 0.2) is 0 Å². The highest BCUT2D eigenvalue weighted by molar-refractivity contribution is 6.31. The van der Waals surface area contributed by atoms with E-state index in [2.05, 4.69) is 10.3 Å². The van der Waals surface area contributed by atoms with Gasteiger partial charge in [-0.15, -0.1) is 0 Å². The maximum atomic E-state index is 12.2. The van der Waals surface area contributed by atoms with Gasteiger partial charge in [-0.1, -0.05) is 35.9 Å². The third kappa shape index (κ3) is 4.39. The molecule has 1 aromatic heterocycles. The van der Waals surface area contributed by atoms with Crippen LogP contribution in [-0.4, -0.2) is 28.5 Å². The van der Waals surface area contributed by atoms with Crippen molar-refractivity contribution in [3.05, 3.63) is 70.4 Å². The molecule has 1 heterocycles. The van der Waals surface area contributed by atoms with Crippen LogP contribution < -0.4 is 5.32 Å². The van der Waals surface area contributed by atoms with Crippen molar-refractivity contribution in [2.45, 2.75) is 12.8 Å². The van der Waals surface area contributed by atoms with Gasteiger partial charge in [-0.2, -0.15) is 0 Å². The molecule has 1 amide bonds. The van der Waals surface area contributed by atoms with E-state index >= 15 is 0 Å². The van der Waals surface area contributed by atoms with Gasteiger partial charge in [0.25, 0.3) is 5.91 Å². The summed E-state index contributed by atoms with van der Waals surface area (Å²) in [5, 5.41) is 13.2. The van der Waals surface area contributed by atoms with E-state index in [1.807, 2.05) is 24.3 Å². The third-order valence-corrected chi connectivity index (χ3v) is 4.14. The number of H-pyrrole nitrogens is 1. The zero-order valence-electron chi connectivity index (χ0n) is 13.4. The van der Waals surface area contributed by atoms with Crippen molar-refractivity contribution in [1.82, 2.24) is 10.3 Å². The Morgan fingerprint density at radius 2 is 1.76 bits per heavy atom. The van der Waals surface area contributed by atoms with Crippen molar-refractivity contribution < 1.29 is 14.7 Å². The van der Waals surface area contributed by atoms with Crippen LogP contribution >= 0.6 is 11.6 Å².